The van der Waals surface area contributed by atoms with Gasteiger partial charge in [0.25, 0.3) is 5.91 Å². The van der Waals surface area contributed by atoms with E-state index in [4.69, 9.17) is 5.73 Å². The van der Waals surface area contributed by atoms with Gasteiger partial charge in [0.15, 0.2) is 5.13 Å². The van der Waals surface area contributed by atoms with Crippen LogP contribution in [0.5, 0.6) is 0 Å². The lowest BCUT2D eigenvalue weighted by Gasteiger charge is -2.20. The summed E-state index contributed by atoms with van der Waals surface area (Å²) in [5.41, 5.74) is 5.91. The van der Waals surface area contributed by atoms with Crippen LogP contribution in [-0.2, 0) is 0 Å². The molecule has 2 heterocycles. The van der Waals surface area contributed by atoms with Gasteiger partial charge < -0.3 is 15.5 Å². The van der Waals surface area contributed by atoms with Gasteiger partial charge in [-0.2, -0.15) is 0 Å². The smallest absolute Gasteiger partial charge is 0.268 e. The number of nitrogen functional groups attached to an aromatic ring is 1. The maximum atomic E-state index is 12.5. The number of thiazole rings is 1. The van der Waals surface area contributed by atoms with Crippen molar-refractivity contribution in [1.82, 2.24) is 9.88 Å². The third-order valence-corrected chi connectivity index (χ3v) is 4.86. The average molecular weight is 282 g/mol. The van der Waals surface area contributed by atoms with Gasteiger partial charge in [0.1, 0.15) is 10.7 Å². The van der Waals surface area contributed by atoms with E-state index < -0.39 is 0 Å². The summed E-state index contributed by atoms with van der Waals surface area (Å²) in [5.74, 6) is 0.950. The van der Waals surface area contributed by atoms with E-state index in [1.54, 1.807) is 0 Å². The van der Waals surface area contributed by atoms with Crippen LogP contribution in [0.25, 0.3) is 0 Å². The summed E-state index contributed by atoms with van der Waals surface area (Å²) in [4.78, 5) is 21.3. The van der Waals surface area contributed by atoms with Gasteiger partial charge in [-0.1, -0.05) is 18.3 Å². The number of hydrogen-bond donors (Lipinski definition) is 1. The van der Waals surface area contributed by atoms with Crippen LogP contribution in [0.3, 0.4) is 0 Å². The molecule has 1 aliphatic heterocycles. The van der Waals surface area contributed by atoms with Gasteiger partial charge in [-0.25, -0.2) is 4.98 Å². The van der Waals surface area contributed by atoms with Crippen molar-refractivity contribution in [3.8, 4) is 0 Å². The molecular formula is C13H22N4OS. The minimum absolute atomic E-state index is 0.0302. The Bertz CT molecular complexity index is 473. The molecule has 2 rings (SSSR count). The standard InChI is InChI=1S/C13H22N4OS/c1-5-16(4)13-15-11(14)10(19-13)12(18)17-7-8(2)6-9(17)3/h8-9H,5-7,14H2,1-4H3. The number of nitrogens with two attached hydrogens (primary N) is 1. The zero-order valence-electron chi connectivity index (χ0n) is 12.0. The van der Waals surface area contributed by atoms with E-state index in [-0.39, 0.29) is 11.9 Å². The molecule has 0 aliphatic carbocycles. The summed E-state index contributed by atoms with van der Waals surface area (Å²) >= 11 is 1.39. The van der Waals surface area contributed by atoms with Crippen LogP contribution in [0.15, 0.2) is 0 Å². The number of aromatic nitrogens is 1. The third-order valence-electron chi connectivity index (χ3n) is 3.68. The summed E-state index contributed by atoms with van der Waals surface area (Å²) in [5, 5.41) is 0.809. The molecule has 1 aliphatic rings. The molecule has 106 valence electrons. The zero-order chi connectivity index (χ0) is 14.2. The molecule has 0 spiro atoms. The van der Waals surface area contributed by atoms with Gasteiger partial charge in [0.05, 0.1) is 0 Å². The van der Waals surface area contributed by atoms with Crippen molar-refractivity contribution in [2.45, 2.75) is 33.2 Å². The van der Waals surface area contributed by atoms with Gasteiger partial charge in [-0.3, -0.25) is 4.79 Å². The number of rotatable bonds is 3. The van der Waals surface area contributed by atoms with E-state index in [1.165, 1.54) is 11.3 Å². The highest BCUT2D eigenvalue weighted by atomic mass is 32.1. The number of carbonyl (C=O) groups excluding carboxylic acids is 1. The van der Waals surface area contributed by atoms with Gasteiger partial charge in [0, 0.05) is 26.2 Å². The van der Waals surface area contributed by atoms with Crippen LogP contribution in [0.1, 0.15) is 36.9 Å². The van der Waals surface area contributed by atoms with Gasteiger partial charge >= 0.3 is 0 Å². The molecule has 5 nitrogen and oxygen atoms in total. The molecule has 1 aromatic rings. The fourth-order valence-corrected chi connectivity index (χ4v) is 3.45. The Morgan fingerprint density at radius 1 is 1.58 bits per heavy atom. The Morgan fingerprint density at radius 2 is 2.26 bits per heavy atom. The average Bonchev–Trinajstić information content (AvgIpc) is 2.90. The summed E-state index contributed by atoms with van der Waals surface area (Å²) in [7, 11) is 1.95. The fourth-order valence-electron chi connectivity index (χ4n) is 2.49. The Kier molecular flexibility index (Phi) is 3.99. The molecule has 2 N–H and O–H groups in total. The van der Waals surface area contributed by atoms with Crippen molar-refractivity contribution in [2.75, 3.05) is 30.8 Å². The van der Waals surface area contributed by atoms with Gasteiger partial charge in [0.2, 0.25) is 0 Å². The molecule has 6 heteroatoms. The molecule has 2 unspecified atom stereocenters. The van der Waals surface area contributed by atoms with Crippen LogP contribution in [0.2, 0.25) is 0 Å². The van der Waals surface area contributed by atoms with Gasteiger partial charge in [-0.05, 0) is 26.2 Å². The highest BCUT2D eigenvalue weighted by Crippen LogP contribution is 2.31. The molecule has 0 aromatic carbocycles. The first-order chi connectivity index (χ1) is 8.93. The second-order valence-corrected chi connectivity index (χ2v) is 6.35. The summed E-state index contributed by atoms with van der Waals surface area (Å²) in [6.07, 6.45) is 1.06. The summed E-state index contributed by atoms with van der Waals surface area (Å²) < 4.78 is 0. The second kappa shape index (κ2) is 5.36. The van der Waals surface area contributed by atoms with Crippen molar-refractivity contribution in [3.63, 3.8) is 0 Å². The number of anilines is 2. The maximum Gasteiger partial charge on any atom is 0.268 e. The van der Waals surface area contributed by atoms with E-state index in [2.05, 4.69) is 18.8 Å². The van der Waals surface area contributed by atoms with Gasteiger partial charge in [-0.15, -0.1) is 0 Å². The predicted octanol–water partition coefficient (Wildman–Crippen LogP) is 2.05. The lowest BCUT2D eigenvalue weighted by Crippen LogP contribution is -2.33. The normalized spacial score (nSPS) is 22.8. The predicted molar refractivity (Wildman–Crippen MR) is 79.7 cm³/mol. The monoisotopic (exact) mass is 282 g/mol. The molecule has 2 atom stereocenters. The molecule has 1 fully saturated rings. The van der Waals surface area contributed by atoms with Crippen LogP contribution >= 0.6 is 11.3 Å². The quantitative estimate of drug-likeness (QED) is 0.921. The number of carbonyl (C=O) groups is 1. The second-order valence-electron chi connectivity index (χ2n) is 5.37. The van der Waals surface area contributed by atoms with Crippen LogP contribution in [0, 0.1) is 5.92 Å². The Hall–Kier alpha value is -1.30. The molecular weight excluding hydrogens is 260 g/mol. The van der Waals surface area contributed by atoms with E-state index in [9.17, 15) is 4.79 Å². The Labute approximate surface area is 118 Å². The lowest BCUT2D eigenvalue weighted by atomic mass is 10.1. The van der Waals surface area contributed by atoms with Crippen molar-refractivity contribution in [1.29, 1.82) is 0 Å². The highest BCUT2D eigenvalue weighted by molar-refractivity contribution is 7.18. The molecule has 1 amide bonds. The maximum absolute atomic E-state index is 12.5. The molecule has 0 saturated carbocycles. The minimum Gasteiger partial charge on any atom is -0.382 e. The first-order valence-electron chi connectivity index (χ1n) is 6.72. The number of hydrogen-bond acceptors (Lipinski definition) is 5. The number of nitrogens with zero attached hydrogens (tertiary/aromatic N) is 3. The topological polar surface area (TPSA) is 62.5 Å². The number of amides is 1. The minimum atomic E-state index is 0.0302. The molecule has 19 heavy (non-hydrogen) atoms. The number of likely N-dealkylation sites (tertiary alicyclic amines) is 1. The Morgan fingerprint density at radius 3 is 2.79 bits per heavy atom. The molecule has 1 saturated heterocycles. The Balaban J connectivity index is 2.22. The zero-order valence-corrected chi connectivity index (χ0v) is 12.8. The fraction of sp³-hybridized carbons (Fsp3) is 0.692. The van der Waals surface area contributed by atoms with Crippen molar-refractivity contribution in [2.24, 2.45) is 5.92 Å². The first-order valence-corrected chi connectivity index (χ1v) is 7.54. The van der Waals surface area contributed by atoms with Crippen LogP contribution in [-0.4, -0.2) is 42.0 Å². The van der Waals surface area contributed by atoms with E-state index in [1.807, 2.05) is 23.8 Å². The summed E-state index contributed by atoms with van der Waals surface area (Å²) in [6.45, 7) is 7.98. The van der Waals surface area contributed by atoms with Crippen molar-refractivity contribution in [3.05, 3.63) is 4.88 Å². The molecule has 0 radical (unpaired) electrons. The summed E-state index contributed by atoms with van der Waals surface area (Å²) in [6, 6.07) is 0.288. The van der Waals surface area contributed by atoms with E-state index in [0.717, 1.165) is 24.6 Å². The van der Waals surface area contributed by atoms with E-state index >= 15 is 0 Å². The third kappa shape index (κ3) is 2.68. The SMILES string of the molecule is CCN(C)c1nc(N)c(C(=O)N2CC(C)CC2C)s1. The highest BCUT2D eigenvalue weighted by Gasteiger charge is 2.32. The van der Waals surface area contributed by atoms with Crippen LogP contribution in [0.4, 0.5) is 10.9 Å². The molecule has 0 bridgehead atoms. The van der Waals surface area contributed by atoms with Crippen LogP contribution < -0.4 is 10.6 Å². The molecule has 1 aromatic heterocycles. The van der Waals surface area contributed by atoms with Crippen molar-refractivity contribution >= 4 is 28.2 Å². The first kappa shape index (κ1) is 14.1. The van der Waals surface area contributed by atoms with Crippen molar-refractivity contribution < 1.29 is 4.79 Å². The lowest BCUT2D eigenvalue weighted by molar-refractivity contribution is 0.0749. The largest absolute Gasteiger partial charge is 0.382 e. The van der Waals surface area contributed by atoms with E-state index in [0.29, 0.717) is 16.6 Å².